The number of aromatic nitrogens is 2. The molecule has 1 aliphatic carbocycles. The largest absolute Gasteiger partial charge is 0.353 e. The highest BCUT2D eigenvalue weighted by Gasteiger charge is 2.31. The van der Waals surface area contributed by atoms with E-state index in [1.807, 2.05) is 6.07 Å². The van der Waals surface area contributed by atoms with E-state index in [1.54, 1.807) is 6.07 Å². The van der Waals surface area contributed by atoms with Gasteiger partial charge in [0.25, 0.3) is 0 Å². The molecule has 4 rings (SSSR count). The third-order valence-electron chi connectivity index (χ3n) is 5.29. The van der Waals surface area contributed by atoms with Gasteiger partial charge < -0.3 is 9.88 Å². The number of imidazole rings is 1. The van der Waals surface area contributed by atoms with Crippen molar-refractivity contribution in [1.82, 2.24) is 19.8 Å². The molecular formula is C19H25FN4O. The van der Waals surface area contributed by atoms with Crippen molar-refractivity contribution < 1.29 is 9.18 Å². The number of likely N-dealkylation sites (tertiary alicyclic amines) is 1. The standard InChI is InChI=1S/C19H25FN4O/c1-2-24-16-7-3-6-15(20)18(16)22-17(24)12-23-10-4-5-13(11-23)19(25)21-14-8-9-14/h3,6-7,13-14H,2,4-5,8-12H2,1H3,(H,21,25). The molecule has 1 N–H and O–H groups in total. The fraction of sp³-hybridized carbons (Fsp3) is 0.579. The number of hydrogen-bond donors (Lipinski definition) is 1. The maximum atomic E-state index is 14.0. The Morgan fingerprint density at radius 2 is 2.20 bits per heavy atom. The van der Waals surface area contributed by atoms with E-state index in [-0.39, 0.29) is 17.6 Å². The van der Waals surface area contributed by atoms with Crippen molar-refractivity contribution in [3.63, 3.8) is 0 Å². The lowest BCUT2D eigenvalue weighted by Gasteiger charge is -2.31. The minimum Gasteiger partial charge on any atom is -0.353 e. The number of amides is 1. The van der Waals surface area contributed by atoms with Gasteiger partial charge >= 0.3 is 0 Å². The van der Waals surface area contributed by atoms with E-state index in [4.69, 9.17) is 0 Å². The number of carbonyl (C=O) groups is 1. The first-order chi connectivity index (χ1) is 12.2. The van der Waals surface area contributed by atoms with Crippen LogP contribution in [0.2, 0.25) is 0 Å². The topological polar surface area (TPSA) is 50.2 Å². The monoisotopic (exact) mass is 344 g/mol. The summed E-state index contributed by atoms with van der Waals surface area (Å²) in [5, 5.41) is 3.12. The van der Waals surface area contributed by atoms with E-state index in [9.17, 15) is 9.18 Å². The molecule has 1 aromatic heterocycles. The van der Waals surface area contributed by atoms with Crippen molar-refractivity contribution in [2.75, 3.05) is 13.1 Å². The second kappa shape index (κ2) is 6.75. The zero-order valence-corrected chi connectivity index (χ0v) is 14.7. The Labute approximate surface area is 147 Å². The van der Waals surface area contributed by atoms with E-state index in [1.165, 1.54) is 6.07 Å². The van der Waals surface area contributed by atoms with Crippen molar-refractivity contribution in [3.05, 3.63) is 29.8 Å². The summed E-state index contributed by atoms with van der Waals surface area (Å²) in [6.07, 6.45) is 4.21. The maximum Gasteiger partial charge on any atom is 0.224 e. The summed E-state index contributed by atoms with van der Waals surface area (Å²) >= 11 is 0. The fourth-order valence-corrected chi connectivity index (χ4v) is 3.79. The number of piperidine rings is 1. The molecule has 0 bridgehead atoms. The Balaban J connectivity index is 1.50. The maximum absolute atomic E-state index is 14.0. The minimum atomic E-state index is -0.272. The Bertz CT molecular complexity index is 783. The zero-order chi connectivity index (χ0) is 17.4. The molecule has 1 atom stereocenters. The molecule has 0 radical (unpaired) electrons. The second-order valence-electron chi connectivity index (χ2n) is 7.24. The van der Waals surface area contributed by atoms with Gasteiger partial charge in [0.2, 0.25) is 5.91 Å². The SMILES string of the molecule is CCn1c(CN2CCCC(C(=O)NC3CC3)C2)nc2c(F)cccc21. The first kappa shape index (κ1) is 16.5. The van der Waals surface area contributed by atoms with Crippen LogP contribution in [-0.2, 0) is 17.9 Å². The van der Waals surface area contributed by atoms with Gasteiger partial charge in [0.05, 0.1) is 18.0 Å². The van der Waals surface area contributed by atoms with E-state index >= 15 is 0 Å². The number of benzene rings is 1. The molecular weight excluding hydrogens is 319 g/mol. The number of carbonyl (C=O) groups excluding carboxylic acids is 1. The van der Waals surface area contributed by atoms with Crippen molar-refractivity contribution in [3.8, 4) is 0 Å². The van der Waals surface area contributed by atoms with Crippen molar-refractivity contribution in [2.45, 2.75) is 51.7 Å². The average molecular weight is 344 g/mol. The third-order valence-corrected chi connectivity index (χ3v) is 5.29. The average Bonchev–Trinajstić information content (AvgIpc) is 3.35. The molecule has 2 heterocycles. The number of hydrogen-bond acceptors (Lipinski definition) is 3. The van der Waals surface area contributed by atoms with Crippen LogP contribution in [0.4, 0.5) is 4.39 Å². The molecule has 1 aromatic carbocycles. The van der Waals surface area contributed by atoms with Crippen LogP contribution in [0, 0.1) is 11.7 Å². The van der Waals surface area contributed by atoms with Crippen molar-refractivity contribution in [1.29, 1.82) is 0 Å². The molecule has 1 saturated carbocycles. The molecule has 1 aliphatic heterocycles. The van der Waals surface area contributed by atoms with Gasteiger partial charge in [-0.3, -0.25) is 9.69 Å². The summed E-state index contributed by atoms with van der Waals surface area (Å²) in [5.74, 6) is 0.866. The number of nitrogens with zero attached hydrogens (tertiary/aromatic N) is 3. The minimum absolute atomic E-state index is 0.0607. The van der Waals surface area contributed by atoms with E-state index in [2.05, 4.69) is 26.7 Å². The van der Waals surface area contributed by atoms with Crippen LogP contribution in [0.25, 0.3) is 11.0 Å². The molecule has 1 saturated heterocycles. The van der Waals surface area contributed by atoms with Gasteiger partial charge in [0.1, 0.15) is 11.3 Å². The summed E-state index contributed by atoms with van der Waals surface area (Å²) in [5.41, 5.74) is 1.29. The highest BCUT2D eigenvalue weighted by Crippen LogP contribution is 2.24. The van der Waals surface area contributed by atoms with Gasteiger partial charge in [-0.25, -0.2) is 9.37 Å². The quantitative estimate of drug-likeness (QED) is 0.907. The second-order valence-corrected chi connectivity index (χ2v) is 7.24. The van der Waals surface area contributed by atoms with Crippen molar-refractivity contribution >= 4 is 16.9 Å². The number of rotatable bonds is 5. The summed E-state index contributed by atoms with van der Waals surface area (Å²) in [4.78, 5) is 19.2. The van der Waals surface area contributed by atoms with Gasteiger partial charge in [0, 0.05) is 19.1 Å². The van der Waals surface area contributed by atoms with E-state index in [0.717, 1.165) is 56.7 Å². The van der Waals surface area contributed by atoms with Crippen LogP contribution in [0.5, 0.6) is 0 Å². The molecule has 2 aromatic rings. The van der Waals surface area contributed by atoms with Crippen LogP contribution < -0.4 is 5.32 Å². The van der Waals surface area contributed by atoms with Crippen molar-refractivity contribution in [2.24, 2.45) is 5.92 Å². The highest BCUT2D eigenvalue weighted by atomic mass is 19.1. The highest BCUT2D eigenvalue weighted by molar-refractivity contribution is 5.79. The van der Waals surface area contributed by atoms with Gasteiger partial charge in [-0.05, 0) is 51.3 Å². The predicted octanol–water partition coefficient (Wildman–Crippen LogP) is 2.69. The van der Waals surface area contributed by atoms with Crippen LogP contribution >= 0.6 is 0 Å². The number of nitrogens with one attached hydrogen (secondary N) is 1. The third kappa shape index (κ3) is 3.40. The van der Waals surface area contributed by atoms with E-state index < -0.39 is 0 Å². The number of halogens is 1. The molecule has 0 spiro atoms. The first-order valence-corrected chi connectivity index (χ1v) is 9.32. The van der Waals surface area contributed by atoms with Crippen LogP contribution in [-0.4, -0.2) is 39.5 Å². The lowest BCUT2D eigenvalue weighted by atomic mass is 9.97. The number of aryl methyl sites for hydroxylation is 1. The van der Waals surface area contributed by atoms with Gasteiger partial charge in [-0.2, -0.15) is 0 Å². The summed E-state index contributed by atoms with van der Waals surface area (Å²) in [7, 11) is 0. The lowest BCUT2D eigenvalue weighted by molar-refractivity contribution is -0.126. The first-order valence-electron chi connectivity index (χ1n) is 9.32. The Hall–Kier alpha value is -1.95. The number of fused-ring (bicyclic) bond motifs is 1. The Morgan fingerprint density at radius 1 is 1.36 bits per heavy atom. The molecule has 25 heavy (non-hydrogen) atoms. The van der Waals surface area contributed by atoms with Gasteiger partial charge in [-0.1, -0.05) is 6.07 Å². The molecule has 5 nitrogen and oxygen atoms in total. The van der Waals surface area contributed by atoms with Gasteiger partial charge in [-0.15, -0.1) is 0 Å². The van der Waals surface area contributed by atoms with Gasteiger partial charge in [0.15, 0.2) is 5.82 Å². The Kier molecular flexibility index (Phi) is 4.46. The normalized spacial score (nSPS) is 21.6. The lowest BCUT2D eigenvalue weighted by Crippen LogP contribution is -2.43. The fourth-order valence-electron chi connectivity index (χ4n) is 3.79. The molecule has 6 heteroatoms. The van der Waals surface area contributed by atoms with Crippen LogP contribution in [0.3, 0.4) is 0 Å². The van der Waals surface area contributed by atoms with Crippen LogP contribution in [0.1, 0.15) is 38.4 Å². The van der Waals surface area contributed by atoms with Crippen LogP contribution in [0.15, 0.2) is 18.2 Å². The summed E-state index contributed by atoms with van der Waals surface area (Å²) in [6.45, 7) is 5.19. The smallest absolute Gasteiger partial charge is 0.224 e. The molecule has 2 fully saturated rings. The molecule has 1 amide bonds. The zero-order valence-electron chi connectivity index (χ0n) is 14.7. The van der Waals surface area contributed by atoms with E-state index in [0.29, 0.717) is 18.1 Å². The molecule has 2 aliphatic rings. The predicted molar refractivity (Wildman–Crippen MR) is 94.5 cm³/mol. The number of para-hydroxylation sites is 1. The summed E-state index contributed by atoms with van der Waals surface area (Å²) < 4.78 is 16.1. The molecule has 1 unspecified atom stereocenters. The molecule has 134 valence electrons. The summed E-state index contributed by atoms with van der Waals surface area (Å²) in [6, 6.07) is 5.52. The Morgan fingerprint density at radius 3 is 2.96 bits per heavy atom.